The van der Waals surface area contributed by atoms with E-state index in [1.54, 1.807) is 12.1 Å². The van der Waals surface area contributed by atoms with Crippen molar-refractivity contribution in [1.82, 2.24) is 0 Å². The number of carbonyl (C=O) groups is 4. The maximum atomic E-state index is 14.1. The molecule has 230 valence electrons. The van der Waals surface area contributed by atoms with Gasteiger partial charge in [0.05, 0.1) is 33.8 Å². The summed E-state index contributed by atoms with van der Waals surface area (Å²) in [6, 6.07) is 19.4. The molecule has 0 spiro atoms. The number of phenols is 2. The van der Waals surface area contributed by atoms with Crippen LogP contribution in [-0.2, 0) is 4.74 Å². The highest BCUT2D eigenvalue weighted by molar-refractivity contribution is 6.24. The number of carbonyl (C=O) groups excluding carboxylic acids is 4. The Bertz CT molecular complexity index is 1750. The monoisotopic (exact) mass is 611 g/mol. The molecule has 0 atom stereocenters. The molecule has 4 rings (SSSR count). The van der Waals surface area contributed by atoms with Gasteiger partial charge in [-0.15, -0.1) is 0 Å². The van der Waals surface area contributed by atoms with Crippen LogP contribution in [0.3, 0.4) is 0 Å². The first-order chi connectivity index (χ1) is 21.6. The molecule has 11 heteroatoms. The van der Waals surface area contributed by atoms with Crippen molar-refractivity contribution >= 4 is 29.2 Å². The molecule has 4 aromatic carbocycles. The number of benzene rings is 4. The lowest BCUT2D eigenvalue weighted by Crippen LogP contribution is -2.22. The van der Waals surface area contributed by atoms with Crippen molar-refractivity contribution in [2.75, 3.05) is 6.61 Å². The van der Waals surface area contributed by atoms with Crippen molar-refractivity contribution in [1.29, 1.82) is 0 Å². The number of hydrogen-bond acceptors (Lipinski definition) is 10. The van der Waals surface area contributed by atoms with E-state index in [0.717, 1.165) is 31.4 Å². The van der Waals surface area contributed by atoms with Crippen LogP contribution >= 0.6 is 0 Å². The summed E-state index contributed by atoms with van der Waals surface area (Å²) >= 11 is 0. The molecule has 0 saturated heterocycles. The highest BCUT2D eigenvalue weighted by atomic mass is 16.6. The Morgan fingerprint density at radius 1 is 0.689 bits per heavy atom. The number of unbranched alkanes of at least 4 members (excludes halogenated alkanes) is 3. The first kappa shape index (κ1) is 32.1. The molecule has 0 aliphatic carbocycles. The van der Waals surface area contributed by atoms with Crippen LogP contribution in [0.25, 0.3) is 0 Å². The van der Waals surface area contributed by atoms with Crippen LogP contribution in [0.15, 0.2) is 84.9 Å². The van der Waals surface area contributed by atoms with Crippen molar-refractivity contribution in [2.24, 2.45) is 0 Å². The minimum atomic E-state index is -1.22. The van der Waals surface area contributed by atoms with Crippen LogP contribution in [0.4, 0.5) is 5.69 Å². The molecule has 0 aliphatic heterocycles. The standard InChI is InChI=1S/C34H29NO10/c1-2-3-4-11-19-44-34(41)25-26(28(36)21-13-7-5-8-14-21)30(38)31(39)32(45-33(40)22-15-9-6-10-16-22)27(25)29(37)23-17-12-18-24(20-23)35(42)43/h5-10,12-18,20,38-39H,2-4,11,19H2,1H3. The van der Waals surface area contributed by atoms with E-state index in [1.807, 2.05) is 6.92 Å². The highest BCUT2D eigenvalue weighted by Gasteiger charge is 2.37. The fourth-order valence-electron chi connectivity index (χ4n) is 4.57. The van der Waals surface area contributed by atoms with Crippen LogP contribution in [-0.4, -0.2) is 45.2 Å². The first-order valence-electron chi connectivity index (χ1n) is 14.1. The smallest absolute Gasteiger partial charge is 0.343 e. The van der Waals surface area contributed by atoms with Gasteiger partial charge in [0.2, 0.25) is 5.75 Å². The van der Waals surface area contributed by atoms with Crippen LogP contribution in [0, 0.1) is 10.1 Å². The van der Waals surface area contributed by atoms with E-state index in [0.29, 0.717) is 6.42 Å². The van der Waals surface area contributed by atoms with E-state index in [1.165, 1.54) is 60.7 Å². The summed E-state index contributed by atoms with van der Waals surface area (Å²) < 4.78 is 10.9. The number of nitrogens with zero attached hydrogens (tertiary/aromatic N) is 1. The van der Waals surface area contributed by atoms with Crippen molar-refractivity contribution in [3.05, 3.63) is 128 Å². The van der Waals surface area contributed by atoms with E-state index in [4.69, 9.17) is 9.47 Å². The van der Waals surface area contributed by atoms with Gasteiger partial charge in [-0.25, -0.2) is 9.59 Å². The van der Waals surface area contributed by atoms with Crippen LogP contribution in [0.5, 0.6) is 17.2 Å². The summed E-state index contributed by atoms with van der Waals surface area (Å²) in [4.78, 5) is 65.6. The van der Waals surface area contributed by atoms with E-state index >= 15 is 0 Å². The Morgan fingerprint density at radius 3 is 1.91 bits per heavy atom. The average Bonchev–Trinajstić information content (AvgIpc) is 3.06. The van der Waals surface area contributed by atoms with Gasteiger partial charge >= 0.3 is 11.9 Å². The minimum absolute atomic E-state index is 0.00498. The van der Waals surface area contributed by atoms with Crippen molar-refractivity contribution < 1.29 is 43.8 Å². The van der Waals surface area contributed by atoms with E-state index in [2.05, 4.69) is 0 Å². The number of hydrogen-bond donors (Lipinski definition) is 2. The van der Waals surface area contributed by atoms with Gasteiger partial charge in [-0.1, -0.05) is 86.8 Å². The average molecular weight is 612 g/mol. The molecule has 0 aliphatic rings. The summed E-state index contributed by atoms with van der Waals surface area (Å²) in [5, 5.41) is 33.8. The molecule has 0 radical (unpaired) electrons. The lowest BCUT2D eigenvalue weighted by molar-refractivity contribution is -0.384. The molecule has 0 amide bonds. The number of ketones is 2. The quantitative estimate of drug-likeness (QED) is 0.0327. The lowest BCUT2D eigenvalue weighted by Gasteiger charge is -2.20. The van der Waals surface area contributed by atoms with Crippen LogP contribution in [0.1, 0.15) is 85.2 Å². The zero-order chi connectivity index (χ0) is 32.5. The van der Waals surface area contributed by atoms with Crippen LogP contribution in [0.2, 0.25) is 0 Å². The Balaban J connectivity index is 2.00. The number of phenolic OH excluding ortho intramolecular Hbond substituents is 2. The third-order valence-electron chi connectivity index (χ3n) is 6.85. The lowest BCUT2D eigenvalue weighted by atomic mass is 9.88. The van der Waals surface area contributed by atoms with E-state index in [9.17, 15) is 39.5 Å². The molecule has 0 saturated carbocycles. The molecule has 4 aromatic rings. The minimum Gasteiger partial charge on any atom is -0.504 e. The second-order valence-electron chi connectivity index (χ2n) is 9.94. The Hall–Kier alpha value is -5.84. The molecular formula is C34H29NO10. The molecule has 0 heterocycles. The van der Waals surface area contributed by atoms with Crippen molar-refractivity contribution in [3.8, 4) is 17.2 Å². The maximum Gasteiger partial charge on any atom is 0.343 e. The number of ether oxygens (including phenoxy) is 2. The predicted molar refractivity (Wildman–Crippen MR) is 162 cm³/mol. The number of esters is 2. The molecule has 11 nitrogen and oxygen atoms in total. The largest absolute Gasteiger partial charge is 0.504 e. The van der Waals surface area contributed by atoms with Crippen molar-refractivity contribution in [2.45, 2.75) is 32.6 Å². The van der Waals surface area contributed by atoms with Gasteiger partial charge in [0, 0.05) is 23.3 Å². The molecule has 0 bridgehead atoms. The fourth-order valence-corrected chi connectivity index (χ4v) is 4.57. The predicted octanol–water partition coefficient (Wildman–Crippen LogP) is 6.42. The summed E-state index contributed by atoms with van der Waals surface area (Å²) in [5.41, 5.74) is -3.16. The second-order valence-corrected chi connectivity index (χ2v) is 9.94. The number of rotatable bonds is 13. The Morgan fingerprint density at radius 2 is 1.29 bits per heavy atom. The number of nitro benzene ring substituents is 1. The van der Waals surface area contributed by atoms with Gasteiger partial charge < -0.3 is 19.7 Å². The molecule has 0 unspecified atom stereocenters. The number of nitro groups is 1. The fraction of sp³-hybridized carbons (Fsp3) is 0.176. The summed E-state index contributed by atoms with van der Waals surface area (Å²) in [6.07, 6.45) is 2.95. The van der Waals surface area contributed by atoms with Gasteiger partial charge in [-0.3, -0.25) is 19.7 Å². The van der Waals surface area contributed by atoms with E-state index < -0.39 is 68.1 Å². The summed E-state index contributed by atoms with van der Waals surface area (Å²) in [6.45, 7) is 1.89. The van der Waals surface area contributed by atoms with Crippen molar-refractivity contribution in [3.63, 3.8) is 0 Å². The third-order valence-corrected chi connectivity index (χ3v) is 6.85. The van der Waals surface area contributed by atoms with Gasteiger partial charge in [0.15, 0.2) is 23.1 Å². The zero-order valence-electron chi connectivity index (χ0n) is 24.2. The van der Waals surface area contributed by atoms with E-state index in [-0.39, 0.29) is 23.3 Å². The molecule has 45 heavy (non-hydrogen) atoms. The van der Waals surface area contributed by atoms with Gasteiger partial charge in [0.1, 0.15) is 0 Å². The zero-order valence-corrected chi connectivity index (χ0v) is 24.2. The van der Waals surface area contributed by atoms with Crippen LogP contribution < -0.4 is 4.74 Å². The molecule has 2 N–H and O–H groups in total. The number of non-ortho nitro benzene ring substituents is 1. The summed E-state index contributed by atoms with van der Waals surface area (Å²) in [7, 11) is 0. The third kappa shape index (κ3) is 7.21. The molecular weight excluding hydrogens is 582 g/mol. The van der Waals surface area contributed by atoms with Gasteiger partial charge in [-0.2, -0.15) is 0 Å². The topological polar surface area (TPSA) is 170 Å². The Kier molecular flexibility index (Phi) is 10.4. The highest BCUT2D eigenvalue weighted by Crippen LogP contribution is 2.46. The molecule has 0 fully saturated rings. The second kappa shape index (κ2) is 14.6. The SMILES string of the molecule is CCCCCCOC(=O)c1c(C(=O)c2ccccc2)c(O)c(O)c(OC(=O)c2ccccc2)c1C(=O)c1cccc([N+](=O)[O-])c1. The summed E-state index contributed by atoms with van der Waals surface area (Å²) in [5.74, 6) is -7.59. The number of aromatic hydroxyl groups is 2. The maximum absolute atomic E-state index is 14.1. The molecule has 0 aromatic heterocycles. The van der Waals surface area contributed by atoms with Gasteiger partial charge in [-0.05, 0) is 18.6 Å². The Labute approximate surface area is 257 Å². The normalized spacial score (nSPS) is 10.6. The van der Waals surface area contributed by atoms with Gasteiger partial charge in [0.25, 0.3) is 5.69 Å². The first-order valence-corrected chi connectivity index (χ1v) is 14.1.